The topological polar surface area (TPSA) is 82.1 Å². The Balaban J connectivity index is 1.97. The van der Waals surface area contributed by atoms with E-state index in [1.807, 2.05) is 30.3 Å². The Kier molecular flexibility index (Phi) is 11.9. The summed E-state index contributed by atoms with van der Waals surface area (Å²) in [5.41, 5.74) is 6.17. The molecule has 1 N–H and O–H groups in total. The van der Waals surface area contributed by atoms with Gasteiger partial charge < -0.3 is 19.3 Å². The zero-order valence-electron chi connectivity index (χ0n) is 24.3. The number of rotatable bonds is 15. The first-order valence-electron chi connectivity index (χ1n) is 14.0. The van der Waals surface area contributed by atoms with Crippen LogP contribution in [0.4, 0.5) is 0 Å². The number of aliphatic hydroxyl groups is 1. The quantitative estimate of drug-likeness (QED) is 0.0918. The number of benzene rings is 3. The fraction of sp³-hybridized carbons (Fsp3) is 0.314. The second-order valence-electron chi connectivity index (χ2n) is 10.1. The van der Waals surface area contributed by atoms with Crippen LogP contribution in [0.5, 0.6) is 11.5 Å². The third kappa shape index (κ3) is 9.19. The summed E-state index contributed by atoms with van der Waals surface area (Å²) in [4.78, 5) is 24.5. The van der Waals surface area contributed by atoms with Crippen molar-refractivity contribution in [3.63, 3.8) is 0 Å². The molecule has 0 amide bonds. The maximum Gasteiger partial charge on any atom is 0.338 e. The average Bonchev–Trinajstić information content (AvgIpc) is 2.96. The van der Waals surface area contributed by atoms with Crippen molar-refractivity contribution in [2.75, 3.05) is 19.8 Å². The summed E-state index contributed by atoms with van der Waals surface area (Å²) in [7, 11) is 0. The monoisotopic (exact) mass is 556 g/mol. The van der Waals surface area contributed by atoms with E-state index in [4.69, 9.17) is 14.2 Å². The van der Waals surface area contributed by atoms with Gasteiger partial charge in [0.15, 0.2) is 0 Å². The summed E-state index contributed by atoms with van der Waals surface area (Å²) in [5.74, 6) is 0.0126. The molecule has 216 valence electrons. The summed E-state index contributed by atoms with van der Waals surface area (Å²) in [6, 6.07) is 19.9. The number of hydrogen-bond acceptors (Lipinski definition) is 6. The maximum atomic E-state index is 12.6. The zero-order chi connectivity index (χ0) is 29.8. The van der Waals surface area contributed by atoms with Gasteiger partial charge in [0, 0.05) is 23.1 Å². The van der Waals surface area contributed by atoms with Gasteiger partial charge in [-0.1, -0.05) is 75.4 Å². The van der Waals surface area contributed by atoms with E-state index in [0.29, 0.717) is 34.6 Å². The smallest absolute Gasteiger partial charge is 0.338 e. The van der Waals surface area contributed by atoms with E-state index in [-0.39, 0.29) is 19.8 Å². The Labute approximate surface area is 243 Å². The third-order valence-corrected chi connectivity index (χ3v) is 6.56. The molecule has 0 radical (unpaired) electrons. The van der Waals surface area contributed by atoms with Crippen LogP contribution in [0.2, 0.25) is 0 Å². The van der Waals surface area contributed by atoms with Crippen LogP contribution in [-0.4, -0.2) is 36.9 Å². The van der Waals surface area contributed by atoms with Gasteiger partial charge in [-0.05, 0) is 72.7 Å². The van der Waals surface area contributed by atoms with Gasteiger partial charge in [0.1, 0.15) is 18.1 Å². The van der Waals surface area contributed by atoms with Gasteiger partial charge in [0.05, 0.1) is 13.2 Å². The molecule has 0 saturated heterocycles. The number of carbonyl (C=O) groups is 2. The summed E-state index contributed by atoms with van der Waals surface area (Å²) in [5, 5.41) is 9.25. The van der Waals surface area contributed by atoms with Crippen molar-refractivity contribution in [3.05, 3.63) is 96.1 Å². The van der Waals surface area contributed by atoms with Gasteiger partial charge in [-0.15, -0.1) is 0 Å². The van der Waals surface area contributed by atoms with Gasteiger partial charge in [-0.3, -0.25) is 0 Å². The number of unbranched alkanes of at least 4 members (excludes halogenated alkanes) is 2. The van der Waals surface area contributed by atoms with E-state index in [0.717, 1.165) is 28.7 Å². The lowest BCUT2D eigenvalue weighted by Crippen LogP contribution is -2.10. The van der Waals surface area contributed by atoms with Crippen molar-refractivity contribution in [2.45, 2.75) is 52.9 Å². The number of ether oxygens (including phenoxy) is 3. The minimum Gasteiger partial charge on any atom is -0.491 e. The first kappa shape index (κ1) is 31.4. The largest absolute Gasteiger partial charge is 0.491 e. The summed E-state index contributed by atoms with van der Waals surface area (Å²) in [6.45, 7) is 12.9. The van der Waals surface area contributed by atoms with E-state index in [2.05, 4.69) is 44.3 Å². The molecule has 6 nitrogen and oxygen atoms in total. The number of hydrogen-bond donors (Lipinski definition) is 1. The van der Waals surface area contributed by atoms with Crippen LogP contribution in [0, 0.1) is 0 Å². The zero-order valence-corrected chi connectivity index (χ0v) is 24.3. The fourth-order valence-electron chi connectivity index (χ4n) is 4.27. The molecule has 6 heteroatoms. The molecule has 0 aliphatic heterocycles. The molecule has 0 saturated carbocycles. The van der Waals surface area contributed by atoms with Crippen molar-refractivity contribution < 1.29 is 28.9 Å². The maximum absolute atomic E-state index is 12.6. The Bertz CT molecular complexity index is 1370. The number of carbonyl (C=O) groups excluding carboxylic acids is 2. The predicted molar refractivity (Wildman–Crippen MR) is 163 cm³/mol. The molecule has 0 aliphatic carbocycles. The third-order valence-electron chi connectivity index (χ3n) is 6.56. The lowest BCUT2D eigenvalue weighted by Gasteiger charge is -2.16. The van der Waals surface area contributed by atoms with E-state index in [1.165, 1.54) is 24.8 Å². The van der Waals surface area contributed by atoms with Gasteiger partial charge in [0.2, 0.25) is 0 Å². The van der Waals surface area contributed by atoms with Crippen LogP contribution < -0.4 is 9.47 Å². The van der Waals surface area contributed by atoms with Gasteiger partial charge in [0.25, 0.3) is 0 Å². The van der Waals surface area contributed by atoms with E-state index < -0.39 is 11.9 Å². The summed E-state index contributed by atoms with van der Waals surface area (Å²) in [6.07, 6.45) is 5.03. The Morgan fingerprint density at radius 1 is 0.756 bits per heavy atom. The molecular formula is C35H40O6. The molecule has 0 fully saturated rings. The van der Waals surface area contributed by atoms with Crippen molar-refractivity contribution in [1.82, 2.24) is 0 Å². The van der Waals surface area contributed by atoms with Crippen molar-refractivity contribution >= 4 is 11.9 Å². The molecule has 0 atom stereocenters. The Morgan fingerprint density at radius 3 is 2.10 bits per heavy atom. The van der Waals surface area contributed by atoms with Crippen molar-refractivity contribution in [2.24, 2.45) is 0 Å². The molecule has 0 bridgehead atoms. The second kappa shape index (κ2) is 15.6. The van der Waals surface area contributed by atoms with Crippen LogP contribution in [-0.2, 0) is 27.2 Å². The lowest BCUT2D eigenvalue weighted by molar-refractivity contribution is -0.138. The first-order chi connectivity index (χ1) is 19.7. The highest BCUT2D eigenvalue weighted by atomic mass is 16.5. The minimum atomic E-state index is -0.510. The van der Waals surface area contributed by atoms with Crippen molar-refractivity contribution in [3.8, 4) is 33.8 Å². The fourth-order valence-corrected chi connectivity index (χ4v) is 4.27. The standard InChI is InChI=1S/C35H40O6/c1-6-7-8-9-26-10-12-27(13-11-26)28-14-16-31(33(23-28)41-35(38)25(4)5)29-15-17-32(39-21-19-36)30(22-29)18-20-40-34(37)24(2)3/h10-17,22-23,36H,2,4,6-9,18-21H2,1,3,5H3. The number of aryl methyl sites for hydroxylation is 1. The molecule has 3 rings (SSSR count). The van der Waals surface area contributed by atoms with E-state index in [9.17, 15) is 14.7 Å². The molecule has 0 spiro atoms. The van der Waals surface area contributed by atoms with Crippen LogP contribution >= 0.6 is 0 Å². The average molecular weight is 557 g/mol. The molecule has 0 unspecified atom stereocenters. The highest BCUT2D eigenvalue weighted by Gasteiger charge is 2.16. The van der Waals surface area contributed by atoms with Crippen LogP contribution in [0.1, 0.15) is 51.2 Å². The normalized spacial score (nSPS) is 10.6. The van der Waals surface area contributed by atoms with Gasteiger partial charge in [-0.2, -0.15) is 0 Å². The number of aliphatic hydroxyl groups excluding tert-OH is 1. The Morgan fingerprint density at radius 2 is 1.44 bits per heavy atom. The Hall–Kier alpha value is -4.16. The second-order valence-corrected chi connectivity index (χ2v) is 10.1. The minimum absolute atomic E-state index is 0.130. The SMILES string of the molecule is C=C(C)C(=O)OCCc1cc(-c2ccc(-c3ccc(CCCCC)cc3)cc2OC(=O)C(=C)C)ccc1OCCO. The number of esters is 2. The summed E-state index contributed by atoms with van der Waals surface area (Å²) < 4.78 is 16.8. The molecule has 0 heterocycles. The lowest BCUT2D eigenvalue weighted by atomic mass is 9.96. The molecule has 3 aromatic carbocycles. The molecule has 41 heavy (non-hydrogen) atoms. The van der Waals surface area contributed by atoms with Gasteiger partial charge >= 0.3 is 11.9 Å². The molecule has 3 aromatic rings. The predicted octanol–water partition coefficient (Wildman–Crippen LogP) is 7.27. The van der Waals surface area contributed by atoms with E-state index in [1.54, 1.807) is 19.9 Å². The van der Waals surface area contributed by atoms with Gasteiger partial charge in [-0.25, -0.2) is 9.59 Å². The molecule has 0 aliphatic rings. The highest BCUT2D eigenvalue weighted by Crippen LogP contribution is 2.37. The van der Waals surface area contributed by atoms with Crippen molar-refractivity contribution in [1.29, 1.82) is 0 Å². The van der Waals surface area contributed by atoms with E-state index >= 15 is 0 Å². The van der Waals surface area contributed by atoms with Crippen LogP contribution in [0.3, 0.4) is 0 Å². The molecule has 0 aromatic heterocycles. The first-order valence-corrected chi connectivity index (χ1v) is 14.0. The highest BCUT2D eigenvalue weighted by molar-refractivity contribution is 5.91. The van der Waals surface area contributed by atoms with Crippen LogP contribution in [0.15, 0.2) is 85.0 Å². The van der Waals surface area contributed by atoms with Crippen LogP contribution in [0.25, 0.3) is 22.3 Å². The molecular weight excluding hydrogens is 516 g/mol. The summed E-state index contributed by atoms with van der Waals surface area (Å²) >= 11 is 0.